The molecule has 2 bridgehead atoms. The number of nitrogens with zero attached hydrogens (tertiary/aromatic N) is 3. The van der Waals surface area contributed by atoms with Crippen molar-refractivity contribution in [3.63, 3.8) is 0 Å². The van der Waals surface area contributed by atoms with Gasteiger partial charge >= 0.3 is 91.3 Å². The second kappa shape index (κ2) is 35.2. The van der Waals surface area contributed by atoms with Gasteiger partial charge in [0.25, 0.3) is 0 Å². The molecule has 0 aromatic heterocycles. The first-order valence-corrected chi connectivity index (χ1v) is 41.1. The topological polar surface area (TPSA) is 107 Å². The minimum absolute atomic E-state index is 0. The molecule has 0 saturated carbocycles. The van der Waals surface area contributed by atoms with Crippen LogP contribution in [0.4, 0.5) is 0 Å². The Bertz CT molecular complexity index is 700. The maximum atomic E-state index is 5.73. The summed E-state index contributed by atoms with van der Waals surface area (Å²) in [6, 6.07) is 0. The van der Waals surface area contributed by atoms with Gasteiger partial charge in [-0.15, -0.1) is 0 Å². The smallest absolute Gasteiger partial charge is 0.668 e. The molecular formula is C36H92GdKN5O6Si6+2. The van der Waals surface area contributed by atoms with E-state index in [9.17, 15) is 0 Å². The number of hydrogen-bond donors (Lipinski definition) is 2. The van der Waals surface area contributed by atoms with Crippen molar-refractivity contribution < 1.29 is 130 Å². The van der Waals surface area contributed by atoms with Crippen LogP contribution in [0, 0.1) is 39.9 Å². The van der Waals surface area contributed by atoms with E-state index < -0.39 is 49.4 Å². The van der Waals surface area contributed by atoms with Crippen molar-refractivity contribution in [3.05, 3.63) is 13.9 Å². The molecule has 3 fully saturated rings. The maximum Gasteiger partial charge on any atom is 2.00 e. The van der Waals surface area contributed by atoms with E-state index in [1.165, 1.54) is 9.80 Å². The van der Waals surface area contributed by atoms with E-state index >= 15 is 0 Å². The van der Waals surface area contributed by atoms with Crippen molar-refractivity contribution in [2.24, 2.45) is 0 Å². The zero-order valence-electron chi connectivity index (χ0n) is 39.9. The summed E-state index contributed by atoms with van der Waals surface area (Å²) >= 11 is 0. The molecule has 0 amide bonds. The molecule has 3 aliphatic heterocycles. The fraction of sp³-hybridized carbons (Fsp3) is 1.00. The van der Waals surface area contributed by atoms with Crippen LogP contribution in [0.5, 0.6) is 0 Å². The van der Waals surface area contributed by atoms with Crippen molar-refractivity contribution in [1.82, 2.24) is 0 Å². The predicted octanol–water partition coefficient (Wildman–Crippen LogP) is 2.98. The molecule has 0 unspecified atom stereocenters. The Labute approximate surface area is 423 Å². The molecule has 328 valence electrons. The van der Waals surface area contributed by atoms with Crippen LogP contribution in [-0.4, -0.2) is 168 Å². The van der Waals surface area contributed by atoms with E-state index in [0.717, 1.165) is 78.9 Å². The Kier molecular flexibility index (Phi) is 41.9. The second-order valence-electron chi connectivity index (χ2n) is 20.0. The van der Waals surface area contributed by atoms with Crippen LogP contribution >= 0.6 is 0 Å². The number of fused-ring (bicyclic) bond motifs is 21. The molecule has 3 aliphatic rings. The summed E-state index contributed by atoms with van der Waals surface area (Å²) in [4.78, 5) is 2.88. The van der Waals surface area contributed by atoms with Gasteiger partial charge in [-0.3, -0.25) is 0 Å². The summed E-state index contributed by atoms with van der Waals surface area (Å²) in [5.41, 5.74) is 0. The number of rotatable bonds is 6. The molecule has 0 aliphatic carbocycles. The van der Waals surface area contributed by atoms with Crippen molar-refractivity contribution in [1.29, 1.82) is 0 Å². The third-order valence-electron chi connectivity index (χ3n) is 6.73. The number of nitrogens with one attached hydrogen (secondary N) is 2. The number of hydrogen-bond acceptors (Lipinski definition) is 6. The normalized spacial score (nSPS) is 21.3. The molecule has 19 heteroatoms. The molecule has 0 atom stereocenters. The van der Waals surface area contributed by atoms with Gasteiger partial charge < -0.3 is 52.2 Å². The fourth-order valence-electron chi connectivity index (χ4n) is 6.03. The summed E-state index contributed by atoms with van der Waals surface area (Å²) in [5, 5.41) is 0. The Morgan fingerprint density at radius 2 is 0.400 bits per heavy atom. The molecule has 0 aromatic carbocycles. The molecule has 3 rings (SSSR count). The summed E-state index contributed by atoms with van der Waals surface area (Å²) < 4.78 is 48.8. The fourth-order valence-corrected chi connectivity index (χ4v) is 30.2. The van der Waals surface area contributed by atoms with Crippen LogP contribution in [-0.2, 0) is 28.4 Å². The van der Waals surface area contributed by atoms with E-state index in [1.54, 1.807) is 0 Å². The van der Waals surface area contributed by atoms with Gasteiger partial charge in [0.1, 0.15) is 39.3 Å². The first kappa shape index (κ1) is 65.4. The summed E-state index contributed by atoms with van der Waals surface area (Å²) in [5.74, 6) is 0. The molecule has 0 aromatic rings. The van der Waals surface area contributed by atoms with Crippen LogP contribution < -0.4 is 61.2 Å². The van der Waals surface area contributed by atoms with Crippen molar-refractivity contribution >= 4 is 49.4 Å². The molecular weight excluding hydrogens is 963 g/mol. The molecule has 11 nitrogen and oxygen atoms in total. The molecule has 3 saturated heterocycles. The zero-order valence-corrected chi connectivity index (χ0v) is 51.3. The van der Waals surface area contributed by atoms with E-state index in [4.69, 9.17) is 42.4 Å². The van der Waals surface area contributed by atoms with Gasteiger partial charge in [-0.2, -0.15) is 0 Å². The van der Waals surface area contributed by atoms with Crippen LogP contribution in [0.2, 0.25) is 118 Å². The van der Waals surface area contributed by atoms with Crippen molar-refractivity contribution in [3.8, 4) is 0 Å². The first-order valence-electron chi connectivity index (χ1n) is 20.4. The van der Waals surface area contributed by atoms with Gasteiger partial charge in [0.15, 0.2) is 0 Å². The van der Waals surface area contributed by atoms with Crippen LogP contribution in [0.3, 0.4) is 0 Å². The average Bonchev–Trinajstić information content (AvgIpc) is 2.90. The Hall–Kier alpha value is 3.82. The van der Waals surface area contributed by atoms with E-state index in [0.29, 0.717) is 39.6 Å². The van der Waals surface area contributed by atoms with Crippen LogP contribution in [0.25, 0.3) is 13.9 Å². The van der Waals surface area contributed by atoms with Gasteiger partial charge in [-0.05, 0) is 0 Å². The largest absolute Gasteiger partial charge is 2.00 e. The van der Waals surface area contributed by atoms with Gasteiger partial charge in [0.05, 0.1) is 79.3 Å². The summed E-state index contributed by atoms with van der Waals surface area (Å²) in [7, 11) is -6.64. The van der Waals surface area contributed by atoms with Gasteiger partial charge in [0, 0.05) is 0 Å². The number of quaternary nitrogens is 2. The third-order valence-corrected chi connectivity index (χ3v) is 22.8. The monoisotopic (exact) mass is 1060 g/mol. The minimum Gasteiger partial charge on any atom is -0.668 e. The first-order chi connectivity index (χ1) is 24.1. The predicted molar refractivity (Wildman–Crippen MR) is 246 cm³/mol. The molecule has 0 radical (unpaired) electrons. The third kappa shape index (κ3) is 60.0. The quantitative estimate of drug-likeness (QED) is 0.397. The van der Waals surface area contributed by atoms with Gasteiger partial charge in [-0.25, -0.2) is 0 Å². The SMILES string of the molecule is C1COCC[NH+]2CCOCCOCC[NH+](CCO1)CCOCCOCC2.C[Si](C)(C)[N-][Si](C)(C)C.C[Si](C)(C)[N-][Si](C)(C)C.C[Si](C)(C)[N-][Si](C)(C)C.[Gd+2].[K+]. The van der Waals surface area contributed by atoms with E-state index in [1.807, 2.05) is 0 Å². The molecule has 55 heavy (non-hydrogen) atoms. The van der Waals surface area contributed by atoms with Gasteiger partial charge in [0.2, 0.25) is 0 Å². The van der Waals surface area contributed by atoms with E-state index in [2.05, 4.69) is 118 Å². The summed E-state index contributed by atoms with van der Waals surface area (Å²) in [6.07, 6.45) is 0. The second-order valence-corrected chi connectivity index (χ2v) is 48.8. The van der Waals surface area contributed by atoms with Crippen LogP contribution in [0.1, 0.15) is 0 Å². The number of ether oxygens (including phenoxy) is 6. The standard InChI is InChI=1S/C18H36N2O6.3C6H18NSi2.Gd.K/c1-7-21-13-14-24-10-4-20-5-11-25-17-15-22-8-2-19(1)3-9-23-16-18-26-12-6-20;3*1-8(2,3)7-9(4,5)6;;/h1-18H2;3*1-6H3;;/q;3*-1;+2;+1/p+2. The minimum atomic E-state index is -1.11. The van der Waals surface area contributed by atoms with Crippen molar-refractivity contribution in [2.45, 2.75) is 118 Å². The van der Waals surface area contributed by atoms with Gasteiger partial charge in [-0.1, -0.05) is 167 Å². The van der Waals surface area contributed by atoms with Crippen molar-refractivity contribution in [2.75, 3.05) is 119 Å². The van der Waals surface area contributed by atoms with E-state index in [-0.39, 0.29) is 91.3 Å². The molecule has 2 N–H and O–H groups in total. The Balaban J connectivity index is -0.000000370. The molecule has 0 spiro atoms. The Morgan fingerprint density at radius 1 is 0.273 bits per heavy atom. The van der Waals surface area contributed by atoms with Crippen LogP contribution in [0.15, 0.2) is 0 Å². The molecule has 3 heterocycles. The zero-order chi connectivity index (χ0) is 41.2. The average molecular weight is 1060 g/mol. The maximum absolute atomic E-state index is 5.73. The Morgan fingerprint density at radius 3 is 0.491 bits per heavy atom. The summed E-state index contributed by atoms with van der Waals surface area (Å²) in [6.45, 7) is 55.4.